The Kier molecular flexibility index (Phi) is 6.27. The first kappa shape index (κ1) is 24.0. The summed E-state index contributed by atoms with van der Waals surface area (Å²) in [7, 11) is -3.69. The van der Waals surface area contributed by atoms with Gasteiger partial charge in [-0.15, -0.1) is 0 Å². The maximum absolute atomic E-state index is 14.1. The number of carboxylic acid groups (broad SMARTS) is 1. The van der Waals surface area contributed by atoms with Crippen LogP contribution in [0.2, 0.25) is 0 Å². The van der Waals surface area contributed by atoms with E-state index in [1.54, 1.807) is 24.8 Å². The summed E-state index contributed by atoms with van der Waals surface area (Å²) in [5.74, 6) is -2.44. The fourth-order valence-corrected chi connectivity index (χ4v) is 5.53. The number of hydrogen-bond donors (Lipinski definition) is 1. The number of nitrogens with zero attached hydrogens (tertiary/aromatic N) is 2. The van der Waals surface area contributed by atoms with Gasteiger partial charge in [-0.25, -0.2) is 8.60 Å². The van der Waals surface area contributed by atoms with Crippen LogP contribution in [0.3, 0.4) is 0 Å². The fraction of sp³-hybridized carbons (Fsp3) is 0.381. The van der Waals surface area contributed by atoms with Crippen LogP contribution in [-0.2, 0) is 27.4 Å². The first-order valence-electron chi connectivity index (χ1n) is 9.69. The Morgan fingerprint density at radius 3 is 2.44 bits per heavy atom. The SMILES string of the molecule is CC1(C)CN(S(=O)(=[OH+])c2cccc(CC(=O)O)c2)CCN1c1ccc(C(F)(F)F)c(F)c1. The first-order chi connectivity index (χ1) is 14.7. The van der Waals surface area contributed by atoms with Crippen LogP contribution in [0.1, 0.15) is 25.0 Å². The highest BCUT2D eigenvalue weighted by atomic mass is 32.2. The molecule has 2 N–H and O–H groups in total. The summed E-state index contributed by atoms with van der Waals surface area (Å²) >= 11 is 0. The van der Waals surface area contributed by atoms with Gasteiger partial charge < -0.3 is 10.0 Å². The van der Waals surface area contributed by atoms with Crippen molar-refractivity contribution in [3.63, 3.8) is 0 Å². The lowest BCUT2D eigenvalue weighted by molar-refractivity contribution is -0.140. The fourth-order valence-electron chi connectivity index (χ4n) is 3.85. The molecule has 0 aliphatic carbocycles. The molecule has 2 aromatic carbocycles. The zero-order valence-electron chi connectivity index (χ0n) is 17.4. The normalized spacial score (nSPS) is 18.9. The van der Waals surface area contributed by atoms with Crippen LogP contribution in [-0.4, -0.2) is 49.0 Å². The quantitative estimate of drug-likeness (QED) is 0.525. The molecule has 1 atom stereocenters. The Morgan fingerprint density at radius 2 is 1.88 bits per heavy atom. The molecule has 0 bridgehead atoms. The Balaban J connectivity index is 1.85. The number of alkyl halides is 3. The van der Waals surface area contributed by atoms with Crippen LogP contribution in [0.5, 0.6) is 0 Å². The lowest BCUT2D eigenvalue weighted by atomic mass is 9.98. The van der Waals surface area contributed by atoms with Crippen molar-refractivity contribution in [3.8, 4) is 0 Å². The maximum Gasteiger partial charge on any atom is 0.419 e. The second kappa shape index (κ2) is 8.36. The molecule has 2 aromatic rings. The van der Waals surface area contributed by atoms with Crippen LogP contribution in [0.15, 0.2) is 47.4 Å². The minimum atomic E-state index is -4.80. The van der Waals surface area contributed by atoms with Gasteiger partial charge in [-0.2, -0.15) is 21.7 Å². The van der Waals surface area contributed by atoms with Crippen molar-refractivity contribution in [3.05, 3.63) is 59.4 Å². The summed E-state index contributed by atoms with van der Waals surface area (Å²) in [5.41, 5.74) is -1.53. The van der Waals surface area contributed by atoms with E-state index in [1.165, 1.54) is 28.6 Å². The van der Waals surface area contributed by atoms with E-state index in [2.05, 4.69) is 0 Å². The number of piperazine rings is 1. The van der Waals surface area contributed by atoms with Crippen LogP contribution in [0.4, 0.5) is 23.2 Å². The highest BCUT2D eigenvalue weighted by Crippen LogP contribution is 2.36. The van der Waals surface area contributed by atoms with Crippen molar-refractivity contribution >= 4 is 21.7 Å². The number of carbonyl (C=O) groups is 1. The second-order valence-corrected chi connectivity index (χ2v) is 10.2. The molecular formula is C21H23F4N2O4S+. The number of carboxylic acids is 1. The van der Waals surface area contributed by atoms with E-state index in [9.17, 15) is 30.8 Å². The molecule has 0 aromatic heterocycles. The third-order valence-electron chi connectivity index (χ3n) is 5.35. The number of halogens is 4. The van der Waals surface area contributed by atoms with E-state index in [-0.39, 0.29) is 36.6 Å². The Hall–Kier alpha value is -2.66. The number of benzene rings is 2. The lowest BCUT2D eigenvalue weighted by Crippen LogP contribution is -2.60. The zero-order chi connectivity index (χ0) is 23.9. The van der Waals surface area contributed by atoms with E-state index in [0.29, 0.717) is 11.6 Å². The van der Waals surface area contributed by atoms with Gasteiger partial charge in [0.1, 0.15) is 10.7 Å². The molecule has 0 amide bonds. The smallest absolute Gasteiger partial charge is 0.419 e. The van der Waals surface area contributed by atoms with E-state index in [1.807, 2.05) is 0 Å². The van der Waals surface area contributed by atoms with Gasteiger partial charge in [0.05, 0.1) is 12.0 Å². The summed E-state index contributed by atoms with van der Waals surface area (Å²) in [6.45, 7) is 3.80. The van der Waals surface area contributed by atoms with E-state index < -0.39 is 39.1 Å². The van der Waals surface area contributed by atoms with Gasteiger partial charge >= 0.3 is 22.2 Å². The van der Waals surface area contributed by atoms with Gasteiger partial charge in [0, 0.05) is 30.9 Å². The van der Waals surface area contributed by atoms with Gasteiger partial charge in [0.25, 0.3) is 0 Å². The highest BCUT2D eigenvalue weighted by Gasteiger charge is 2.42. The van der Waals surface area contributed by atoms with Crippen molar-refractivity contribution in [1.82, 2.24) is 4.31 Å². The average Bonchev–Trinajstić information content (AvgIpc) is 2.65. The summed E-state index contributed by atoms with van der Waals surface area (Å²) in [6, 6.07) is 8.58. The van der Waals surface area contributed by atoms with E-state index >= 15 is 0 Å². The molecule has 0 saturated carbocycles. The van der Waals surface area contributed by atoms with Gasteiger partial charge in [0.2, 0.25) is 0 Å². The Morgan fingerprint density at radius 1 is 1.19 bits per heavy atom. The van der Waals surface area contributed by atoms with Gasteiger partial charge in [-0.05, 0) is 49.7 Å². The summed E-state index contributed by atoms with van der Waals surface area (Å²) < 4.78 is 78.1. The lowest BCUT2D eigenvalue weighted by Gasteiger charge is -2.47. The molecule has 174 valence electrons. The summed E-state index contributed by atoms with van der Waals surface area (Å²) in [6.07, 6.45) is -5.09. The van der Waals surface area contributed by atoms with E-state index in [0.717, 1.165) is 6.07 Å². The van der Waals surface area contributed by atoms with Crippen LogP contribution >= 0.6 is 0 Å². The molecule has 32 heavy (non-hydrogen) atoms. The largest absolute Gasteiger partial charge is 0.481 e. The topological polar surface area (TPSA) is 82.2 Å². The van der Waals surface area contributed by atoms with Crippen molar-refractivity contribution < 1.29 is 35.9 Å². The molecule has 1 aliphatic heterocycles. The minimum Gasteiger partial charge on any atom is -0.481 e. The zero-order valence-corrected chi connectivity index (χ0v) is 18.2. The molecule has 1 heterocycles. The highest BCUT2D eigenvalue weighted by molar-refractivity contribution is 7.89. The molecule has 0 spiro atoms. The van der Waals surface area contributed by atoms with Crippen LogP contribution < -0.4 is 4.90 Å². The molecule has 6 nitrogen and oxygen atoms in total. The Labute approximate surface area is 183 Å². The molecule has 1 saturated heterocycles. The third-order valence-corrected chi connectivity index (χ3v) is 7.23. The second-order valence-electron chi connectivity index (χ2n) is 8.20. The van der Waals surface area contributed by atoms with Crippen molar-refractivity contribution in [1.29, 1.82) is 0 Å². The van der Waals surface area contributed by atoms with Crippen LogP contribution in [0, 0.1) is 5.82 Å². The monoisotopic (exact) mass is 475 g/mol. The van der Waals surface area contributed by atoms with Crippen molar-refractivity contribution in [2.75, 3.05) is 24.5 Å². The molecule has 1 aliphatic rings. The summed E-state index contributed by atoms with van der Waals surface area (Å²) in [4.78, 5) is 12.7. The molecule has 0 radical (unpaired) electrons. The minimum absolute atomic E-state index is 0.0636. The maximum atomic E-state index is 14.1. The van der Waals surface area contributed by atoms with Crippen LogP contribution in [0.25, 0.3) is 0 Å². The van der Waals surface area contributed by atoms with Gasteiger partial charge in [-0.1, -0.05) is 12.1 Å². The van der Waals surface area contributed by atoms with Gasteiger partial charge in [0.15, 0.2) is 0 Å². The van der Waals surface area contributed by atoms with E-state index in [4.69, 9.17) is 5.11 Å². The molecule has 11 heteroatoms. The molecule has 1 fully saturated rings. The average molecular weight is 475 g/mol. The summed E-state index contributed by atoms with van der Waals surface area (Å²) in [5, 5.41) is 8.96. The van der Waals surface area contributed by atoms with Gasteiger partial charge in [-0.3, -0.25) is 4.79 Å². The number of anilines is 1. The first-order valence-corrected chi connectivity index (χ1v) is 11.2. The number of rotatable bonds is 5. The number of aliphatic carboxylic acids is 1. The van der Waals surface area contributed by atoms with Crippen molar-refractivity contribution in [2.24, 2.45) is 0 Å². The Bertz CT molecular complexity index is 1130. The predicted octanol–water partition coefficient (Wildman–Crippen LogP) is 3.92. The third kappa shape index (κ3) is 4.88. The molecular weight excluding hydrogens is 452 g/mol. The number of hydrogen-bond acceptors (Lipinski definition) is 3. The predicted molar refractivity (Wildman–Crippen MR) is 111 cm³/mol. The molecule has 1 unspecified atom stereocenters. The van der Waals surface area contributed by atoms with Crippen molar-refractivity contribution in [2.45, 2.75) is 36.9 Å². The molecule has 3 rings (SSSR count). The standard InChI is InChI=1S/C21H22F4N2O4S/c1-20(2)13-26(32(30,31)16-5-3-4-14(10-16)11-19(28)29)8-9-27(20)15-6-7-17(18(22)12-15)21(23,24)25/h3-7,10,12H,8-9,11,13H2,1-2H3,(H,28,29)/p+1.